The maximum absolute atomic E-state index is 10.9. The Morgan fingerprint density at radius 1 is 1.38 bits per heavy atom. The molecule has 0 bridgehead atoms. The maximum Gasteiger partial charge on any atom is 0.335 e. The Morgan fingerprint density at radius 2 is 2.08 bits per heavy atom. The minimum absolute atomic E-state index is 0.239. The van der Waals surface area contributed by atoms with Gasteiger partial charge in [0.25, 0.3) is 0 Å². The van der Waals surface area contributed by atoms with E-state index in [1.807, 2.05) is 32.1 Å². The van der Waals surface area contributed by atoms with Gasteiger partial charge < -0.3 is 9.52 Å². The summed E-state index contributed by atoms with van der Waals surface area (Å²) in [6.45, 7) is 7.57. The standard InChI is InChI=1S/C19H19NO3S/c1-4-6-16(7-5-2)24-12-17-13(3)23-18(20-17)14-8-10-15(11-9-14)19(21)22/h4-11H,1,12H2,2-3H3,(H,21,22)/b7-5-,16-6+. The topological polar surface area (TPSA) is 63.3 Å². The summed E-state index contributed by atoms with van der Waals surface area (Å²) in [6, 6.07) is 6.49. The summed E-state index contributed by atoms with van der Waals surface area (Å²) in [6.07, 6.45) is 7.71. The fourth-order valence-electron chi connectivity index (χ4n) is 2.02. The lowest BCUT2D eigenvalue weighted by Gasteiger charge is -1.99. The molecular weight excluding hydrogens is 322 g/mol. The van der Waals surface area contributed by atoms with Crippen LogP contribution in [0.15, 0.2) is 64.5 Å². The molecule has 1 N–H and O–H groups in total. The van der Waals surface area contributed by atoms with Crippen LogP contribution in [-0.4, -0.2) is 16.1 Å². The van der Waals surface area contributed by atoms with Crippen LogP contribution in [-0.2, 0) is 5.75 Å². The molecule has 0 atom stereocenters. The molecule has 0 spiro atoms. The number of carbonyl (C=O) groups is 1. The van der Waals surface area contributed by atoms with E-state index in [2.05, 4.69) is 11.6 Å². The molecule has 1 aromatic heterocycles. The molecule has 5 heteroatoms. The van der Waals surface area contributed by atoms with Gasteiger partial charge in [-0.15, -0.1) is 11.8 Å². The highest BCUT2D eigenvalue weighted by Gasteiger charge is 2.12. The number of thioether (sulfide) groups is 1. The first-order chi connectivity index (χ1) is 11.5. The van der Waals surface area contributed by atoms with Crippen LogP contribution in [0.5, 0.6) is 0 Å². The molecule has 124 valence electrons. The van der Waals surface area contributed by atoms with Gasteiger partial charge in [0, 0.05) is 16.2 Å². The van der Waals surface area contributed by atoms with Gasteiger partial charge in [-0.2, -0.15) is 0 Å². The number of carboxylic acid groups (broad SMARTS) is 1. The fourth-order valence-corrected chi connectivity index (χ4v) is 3.02. The van der Waals surface area contributed by atoms with Crippen LogP contribution in [0, 0.1) is 6.92 Å². The van der Waals surface area contributed by atoms with Gasteiger partial charge in [0.1, 0.15) is 5.76 Å². The Balaban J connectivity index is 2.16. The zero-order chi connectivity index (χ0) is 17.5. The van der Waals surface area contributed by atoms with Gasteiger partial charge in [-0.1, -0.05) is 24.8 Å². The number of carboxylic acids is 1. The molecule has 2 rings (SSSR count). The Hall–Kier alpha value is -2.53. The third kappa shape index (κ3) is 4.49. The maximum atomic E-state index is 10.9. The number of rotatable bonds is 7. The van der Waals surface area contributed by atoms with Crippen LogP contribution in [0.3, 0.4) is 0 Å². The third-order valence-corrected chi connectivity index (χ3v) is 4.28. The highest BCUT2D eigenvalue weighted by molar-refractivity contribution is 8.02. The van der Waals surface area contributed by atoms with Gasteiger partial charge in [0.05, 0.1) is 11.3 Å². The van der Waals surface area contributed by atoms with Gasteiger partial charge in [-0.3, -0.25) is 0 Å². The molecule has 2 aromatic rings. The number of benzene rings is 1. The van der Waals surface area contributed by atoms with E-state index < -0.39 is 5.97 Å². The molecular formula is C19H19NO3S. The second-order valence-corrected chi connectivity index (χ2v) is 6.05. The Labute approximate surface area is 145 Å². The molecule has 1 heterocycles. The summed E-state index contributed by atoms with van der Waals surface area (Å²) in [7, 11) is 0. The van der Waals surface area contributed by atoms with Crippen LogP contribution >= 0.6 is 11.8 Å². The normalized spacial score (nSPS) is 11.8. The van der Waals surface area contributed by atoms with E-state index in [-0.39, 0.29) is 5.56 Å². The summed E-state index contributed by atoms with van der Waals surface area (Å²) in [5, 5.41) is 8.94. The van der Waals surface area contributed by atoms with E-state index in [0.29, 0.717) is 11.6 Å². The molecule has 0 aliphatic heterocycles. The van der Waals surface area contributed by atoms with Crippen molar-refractivity contribution in [3.8, 4) is 11.5 Å². The van der Waals surface area contributed by atoms with Crippen LogP contribution in [0.4, 0.5) is 0 Å². The Kier molecular flexibility index (Phi) is 6.21. The molecule has 0 aliphatic carbocycles. The number of nitrogens with zero attached hydrogens (tertiary/aromatic N) is 1. The minimum atomic E-state index is -0.951. The predicted octanol–water partition coefficient (Wildman–Crippen LogP) is 5.23. The lowest BCUT2D eigenvalue weighted by Crippen LogP contribution is -1.95. The van der Waals surface area contributed by atoms with Crippen LogP contribution < -0.4 is 0 Å². The van der Waals surface area contributed by atoms with Crippen molar-refractivity contribution in [2.45, 2.75) is 19.6 Å². The average Bonchev–Trinajstić information content (AvgIpc) is 2.94. The van der Waals surface area contributed by atoms with E-state index in [1.165, 1.54) is 0 Å². The molecule has 0 saturated heterocycles. The van der Waals surface area contributed by atoms with E-state index in [4.69, 9.17) is 9.52 Å². The predicted molar refractivity (Wildman–Crippen MR) is 98.0 cm³/mol. The molecule has 0 aliphatic rings. The fraction of sp³-hybridized carbons (Fsp3) is 0.158. The number of hydrogen-bond acceptors (Lipinski definition) is 4. The van der Waals surface area contributed by atoms with Crippen LogP contribution in [0.2, 0.25) is 0 Å². The molecule has 4 nitrogen and oxygen atoms in total. The first-order valence-corrected chi connectivity index (χ1v) is 8.42. The van der Waals surface area contributed by atoms with E-state index >= 15 is 0 Å². The van der Waals surface area contributed by atoms with E-state index in [9.17, 15) is 4.79 Å². The number of hydrogen-bond donors (Lipinski definition) is 1. The molecule has 0 amide bonds. The molecule has 0 saturated carbocycles. The molecule has 0 unspecified atom stereocenters. The summed E-state index contributed by atoms with van der Waals surface area (Å²) < 4.78 is 5.72. The number of oxazole rings is 1. The number of aryl methyl sites for hydroxylation is 1. The van der Waals surface area contributed by atoms with Crippen LogP contribution in [0.25, 0.3) is 11.5 Å². The molecule has 1 aromatic carbocycles. The summed E-state index contributed by atoms with van der Waals surface area (Å²) in [5.41, 5.74) is 1.87. The van der Waals surface area contributed by atoms with Crippen molar-refractivity contribution in [2.24, 2.45) is 0 Å². The average molecular weight is 341 g/mol. The Bertz CT molecular complexity index is 785. The molecule has 0 fully saturated rings. The summed E-state index contributed by atoms with van der Waals surface area (Å²) in [4.78, 5) is 16.5. The monoisotopic (exact) mass is 341 g/mol. The highest BCUT2D eigenvalue weighted by Crippen LogP contribution is 2.27. The third-order valence-electron chi connectivity index (χ3n) is 3.26. The van der Waals surface area contributed by atoms with Crippen molar-refractivity contribution < 1.29 is 14.3 Å². The van der Waals surface area contributed by atoms with Gasteiger partial charge in [-0.25, -0.2) is 9.78 Å². The molecule has 24 heavy (non-hydrogen) atoms. The largest absolute Gasteiger partial charge is 0.478 e. The minimum Gasteiger partial charge on any atom is -0.478 e. The second kappa shape index (κ2) is 8.36. The van der Waals surface area contributed by atoms with E-state index in [0.717, 1.165) is 21.9 Å². The first kappa shape index (κ1) is 17.8. The van der Waals surface area contributed by atoms with Crippen molar-refractivity contribution in [3.05, 3.63) is 77.1 Å². The molecule has 0 radical (unpaired) electrons. The zero-order valence-electron chi connectivity index (χ0n) is 13.7. The lowest BCUT2D eigenvalue weighted by molar-refractivity contribution is 0.0697. The van der Waals surface area contributed by atoms with E-state index in [1.54, 1.807) is 42.1 Å². The van der Waals surface area contributed by atoms with Gasteiger partial charge in [-0.05, 0) is 44.2 Å². The number of allylic oxidation sites excluding steroid dienone is 4. The van der Waals surface area contributed by atoms with Crippen molar-refractivity contribution in [1.82, 2.24) is 4.98 Å². The summed E-state index contributed by atoms with van der Waals surface area (Å²) >= 11 is 1.66. The van der Waals surface area contributed by atoms with Gasteiger partial charge in [0.2, 0.25) is 5.89 Å². The zero-order valence-corrected chi connectivity index (χ0v) is 14.5. The number of aromatic carboxylic acids is 1. The quantitative estimate of drug-likeness (QED) is 0.699. The second-order valence-electron chi connectivity index (χ2n) is 5.00. The van der Waals surface area contributed by atoms with Crippen LogP contribution in [0.1, 0.15) is 28.7 Å². The SMILES string of the molecule is C=C/C=C(\C=C/C)SCc1nc(-c2ccc(C(=O)O)cc2)oc1C. The van der Waals surface area contributed by atoms with Crippen molar-refractivity contribution >= 4 is 17.7 Å². The van der Waals surface area contributed by atoms with Gasteiger partial charge in [0.15, 0.2) is 0 Å². The van der Waals surface area contributed by atoms with Crippen molar-refractivity contribution in [1.29, 1.82) is 0 Å². The van der Waals surface area contributed by atoms with Crippen molar-refractivity contribution in [2.75, 3.05) is 0 Å². The van der Waals surface area contributed by atoms with Gasteiger partial charge >= 0.3 is 5.97 Å². The first-order valence-electron chi connectivity index (χ1n) is 7.43. The summed E-state index contributed by atoms with van der Waals surface area (Å²) in [5.74, 6) is 0.998. The Morgan fingerprint density at radius 3 is 2.67 bits per heavy atom. The number of aromatic nitrogens is 1. The highest BCUT2D eigenvalue weighted by atomic mass is 32.2. The van der Waals surface area contributed by atoms with Crippen molar-refractivity contribution in [3.63, 3.8) is 0 Å². The smallest absolute Gasteiger partial charge is 0.335 e. The lowest BCUT2D eigenvalue weighted by atomic mass is 10.1.